The van der Waals surface area contributed by atoms with E-state index in [2.05, 4.69) is 24.3 Å². The van der Waals surface area contributed by atoms with E-state index in [1.807, 2.05) is 4.68 Å². The van der Waals surface area contributed by atoms with Gasteiger partial charge in [0.1, 0.15) is 0 Å². The van der Waals surface area contributed by atoms with Gasteiger partial charge in [0.2, 0.25) is 0 Å². The second kappa shape index (κ2) is 10.6. The van der Waals surface area contributed by atoms with Gasteiger partial charge in [-0.2, -0.15) is 5.10 Å². The van der Waals surface area contributed by atoms with Crippen LogP contribution in [0.2, 0.25) is 0 Å². The highest BCUT2D eigenvalue weighted by atomic mass is 16.5. The first-order valence-corrected chi connectivity index (χ1v) is 7.68. The fraction of sp³-hybridized carbons (Fsp3) is 0.800. The molecule has 0 aliphatic rings. The van der Waals surface area contributed by atoms with Crippen LogP contribution in [-0.2, 0) is 16.0 Å². The van der Waals surface area contributed by atoms with Crippen LogP contribution in [0.3, 0.4) is 0 Å². The molecule has 1 aromatic rings. The van der Waals surface area contributed by atoms with Crippen LogP contribution in [0.15, 0.2) is 6.20 Å². The number of hydrogen-bond donors (Lipinski definition) is 1. The second-order valence-corrected chi connectivity index (χ2v) is 4.81. The number of rotatable bonds is 12. The molecule has 1 unspecified atom stereocenters. The molecule has 122 valence electrons. The standard InChI is InChI=1S/C15H29N3O3/c1-5-8-16-13(7-9-21-11-10-19-3)15-14(20-4)12-17-18(15)6-2/h12-13,16H,5-11H2,1-4H3. The lowest BCUT2D eigenvalue weighted by molar-refractivity contribution is 0.0653. The van der Waals surface area contributed by atoms with Gasteiger partial charge < -0.3 is 19.5 Å². The smallest absolute Gasteiger partial charge is 0.161 e. The lowest BCUT2D eigenvalue weighted by Crippen LogP contribution is -2.26. The molecule has 0 radical (unpaired) electrons. The van der Waals surface area contributed by atoms with E-state index in [0.717, 1.165) is 37.4 Å². The maximum atomic E-state index is 5.59. The van der Waals surface area contributed by atoms with E-state index in [4.69, 9.17) is 14.2 Å². The predicted molar refractivity (Wildman–Crippen MR) is 82.8 cm³/mol. The molecule has 0 saturated heterocycles. The Kier molecular flexibility index (Phi) is 9.05. The van der Waals surface area contributed by atoms with Gasteiger partial charge >= 0.3 is 0 Å². The summed E-state index contributed by atoms with van der Waals surface area (Å²) >= 11 is 0. The van der Waals surface area contributed by atoms with Crippen molar-refractivity contribution in [2.24, 2.45) is 0 Å². The van der Waals surface area contributed by atoms with E-state index in [1.165, 1.54) is 0 Å². The summed E-state index contributed by atoms with van der Waals surface area (Å²) in [5.41, 5.74) is 1.10. The van der Waals surface area contributed by atoms with Crippen molar-refractivity contribution in [1.82, 2.24) is 15.1 Å². The van der Waals surface area contributed by atoms with E-state index in [1.54, 1.807) is 20.4 Å². The van der Waals surface area contributed by atoms with Crippen LogP contribution in [-0.4, -0.2) is 50.4 Å². The lowest BCUT2D eigenvalue weighted by atomic mass is 10.1. The quantitative estimate of drug-likeness (QED) is 0.598. The number of aromatic nitrogens is 2. The van der Waals surface area contributed by atoms with E-state index < -0.39 is 0 Å². The van der Waals surface area contributed by atoms with Crippen molar-refractivity contribution in [3.8, 4) is 5.75 Å². The van der Waals surface area contributed by atoms with Crippen molar-refractivity contribution in [1.29, 1.82) is 0 Å². The minimum absolute atomic E-state index is 0.185. The van der Waals surface area contributed by atoms with E-state index in [0.29, 0.717) is 19.8 Å². The Bertz CT molecular complexity index is 361. The maximum absolute atomic E-state index is 5.59. The average Bonchev–Trinajstić information content (AvgIpc) is 2.93. The first kappa shape index (κ1) is 17.9. The first-order valence-electron chi connectivity index (χ1n) is 7.68. The van der Waals surface area contributed by atoms with Gasteiger partial charge in [0.15, 0.2) is 5.75 Å². The van der Waals surface area contributed by atoms with Crippen LogP contribution in [0, 0.1) is 0 Å². The minimum Gasteiger partial charge on any atom is -0.493 e. The average molecular weight is 299 g/mol. The third-order valence-corrected chi connectivity index (χ3v) is 3.32. The predicted octanol–water partition coefficient (Wildman–Crippen LogP) is 2.01. The molecular formula is C15H29N3O3. The van der Waals surface area contributed by atoms with E-state index in [-0.39, 0.29) is 6.04 Å². The molecular weight excluding hydrogens is 270 g/mol. The Morgan fingerprint density at radius 3 is 2.67 bits per heavy atom. The van der Waals surface area contributed by atoms with Crippen LogP contribution < -0.4 is 10.1 Å². The Morgan fingerprint density at radius 1 is 1.24 bits per heavy atom. The molecule has 0 amide bonds. The van der Waals surface area contributed by atoms with E-state index in [9.17, 15) is 0 Å². The highest BCUT2D eigenvalue weighted by Crippen LogP contribution is 2.27. The van der Waals surface area contributed by atoms with Gasteiger partial charge in [-0.3, -0.25) is 4.68 Å². The summed E-state index contributed by atoms with van der Waals surface area (Å²) in [7, 11) is 3.37. The highest BCUT2D eigenvalue weighted by Gasteiger charge is 2.20. The van der Waals surface area contributed by atoms with Crippen molar-refractivity contribution in [3.63, 3.8) is 0 Å². The van der Waals surface area contributed by atoms with Crippen LogP contribution in [0.25, 0.3) is 0 Å². The molecule has 1 N–H and O–H groups in total. The summed E-state index contributed by atoms with van der Waals surface area (Å²) in [6, 6.07) is 0.185. The maximum Gasteiger partial charge on any atom is 0.161 e. The fourth-order valence-corrected chi connectivity index (χ4v) is 2.24. The van der Waals surface area contributed by atoms with Crippen LogP contribution in [0.1, 0.15) is 38.4 Å². The number of nitrogens with zero attached hydrogens (tertiary/aromatic N) is 2. The van der Waals surface area contributed by atoms with Gasteiger partial charge in [0.05, 0.1) is 38.3 Å². The molecule has 0 bridgehead atoms. The summed E-state index contributed by atoms with van der Waals surface area (Å²) in [5.74, 6) is 0.836. The largest absolute Gasteiger partial charge is 0.493 e. The molecule has 1 rings (SSSR count). The van der Waals surface area contributed by atoms with E-state index >= 15 is 0 Å². The molecule has 0 aliphatic carbocycles. The Labute approximate surface area is 127 Å². The second-order valence-electron chi connectivity index (χ2n) is 4.81. The third-order valence-electron chi connectivity index (χ3n) is 3.32. The van der Waals surface area contributed by atoms with Crippen molar-refractivity contribution in [2.75, 3.05) is 40.6 Å². The number of aryl methyl sites for hydroxylation is 1. The van der Waals surface area contributed by atoms with Crippen LogP contribution >= 0.6 is 0 Å². The van der Waals surface area contributed by atoms with Gasteiger partial charge in [-0.05, 0) is 26.3 Å². The van der Waals surface area contributed by atoms with Crippen molar-refractivity contribution in [3.05, 3.63) is 11.9 Å². The van der Waals surface area contributed by atoms with Crippen LogP contribution in [0.4, 0.5) is 0 Å². The van der Waals surface area contributed by atoms with Crippen molar-refractivity contribution >= 4 is 0 Å². The van der Waals surface area contributed by atoms with Gasteiger partial charge in [0.25, 0.3) is 0 Å². The zero-order valence-electron chi connectivity index (χ0n) is 13.7. The molecule has 0 aromatic carbocycles. The highest BCUT2D eigenvalue weighted by molar-refractivity contribution is 5.28. The number of methoxy groups -OCH3 is 2. The van der Waals surface area contributed by atoms with Gasteiger partial charge in [-0.25, -0.2) is 0 Å². The number of hydrogen-bond acceptors (Lipinski definition) is 5. The Morgan fingerprint density at radius 2 is 2.05 bits per heavy atom. The van der Waals surface area contributed by atoms with Crippen LogP contribution in [0.5, 0.6) is 5.75 Å². The summed E-state index contributed by atoms with van der Waals surface area (Å²) < 4.78 is 18.0. The summed E-state index contributed by atoms with van der Waals surface area (Å²) in [5, 5.41) is 7.94. The van der Waals surface area contributed by atoms with Crippen molar-refractivity contribution in [2.45, 2.75) is 39.3 Å². The zero-order chi connectivity index (χ0) is 15.5. The normalized spacial score (nSPS) is 12.6. The van der Waals surface area contributed by atoms with Crippen molar-refractivity contribution < 1.29 is 14.2 Å². The number of ether oxygens (including phenoxy) is 3. The summed E-state index contributed by atoms with van der Waals surface area (Å²) in [6.45, 7) is 7.97. The number of nitrogens with one attached hydrogen (secondary N) is 1. The molecule has 1 aromatic heterocycles. The Balaban J connectivity index is 2.69. The third kappa shape index (κ3) is 5.65. The molecule has 0 fully saturated rings. The molecule has 1 heterocycles. The fourth-order valence-electron chi connectivity index (χ4n) is 2.24. The molecule has 6 heteroatoms. The SMILES string of the molecule is CCCNC(CCOCCOC)c1c(OC)cnn1CC. The topological polar surface area (TPSA) is 57.5 Å². The zero-order valence-corrected chi connectivity index (χ0v) is 13.7. The molecule has 0 saturated carbocycles. The molecule has 21 heavy (non-hydrogen) atoms. The summed E-state index contributed by atoms with van der Waals surface area (Å²) in [6.07, 6.45) is 3.75. The van der Waals surface area contributed by atoms with Gasteiger partial charge in [-0.15, -0.1) is 0 Å². The lowest BCUT2D eigenvalue weighted by Gasteiger charge is -2.21. The Hall–Kier alpha value is -1.11. The van der Waals surface area contributed by atoms with Gasteiger partial charge in [0, 0.05) is 20.3 Å². The molecule has 1 atom stereocenters. The summed E-state index contributed by atoms with van der Waals surface area (Å²) in [4.78, 5) is 0. The first-order chi connectivity index (χ1) is 10.3. The monoisotopic (exact) mass is 299 g/mol. The molecule has 0 aliphatic heterocycles. The molecule has 0 spiro atoms. The minimum atomic E-state index is 0.185. The molecule has 6 nitrogen and oxygen atoms in total. The van der Waals surface area contributed by atoms with Gasteiger partial charge in [-0.1, -0.05) is 6.92 Å².